The molecular weight excluding hydrogens is 434 g/mol. The maximum atomic E-state index is 12.5. The van der Waals surface area contributed by atoms with E-state index in [1.807, 2.05) is 43.5 Å². The average Bonchev–Trinajstić information content (AvgIpc) is 3.13. The molecule has 0 radical (unpaired) electrons. The lowest BCUT2D eigenvalue weighted by Crippen LogP contribution is -2.18. The van der Waals surface area contributed by atoms with Gasteiger partial charge in [-0.2, -0.15) is 0 Å². The van der Waals surface area contributed by atoms with Crippen molar-refractivity contribution in [3.05, 3.63) is 64.4 Å². The standard InChI is InChI=1S/C22H24ClN5O2S/c1-4-28-19(12-20(29)25-18-7-5-6-14(2)15(18)3)26-27-22(28)31-13-21(30)24-17-10-8-16(23)9-11-17/h5-11H,4,12-13H2,1-3H3,(H,24,30)(H,25,29). The zero-order chi connectivity index (χ0) is 22.4. The van der Waals surface area contributed by atoms with E-state index in [1.165, 1.54) is 11.8 Å². The van der Waals surface area contributed by atoms with Gasteiger partial charge in [-0.15, -0.1) is 10.2 Å². The van der Waals surface area contributed by atoms with Crippen LogP contribution in [0.5, 0.6) is 0 Å². The molecule has 1 aromatic heterocycles. The lowest BCUT2D eigenvalue weighted by molar-refractivity contribution is -0.116. The molecule has 0 aliphatic carbocycles. The first-order chi connectivity index (χ1) is 14.9. The Labute approximate surface area is 190 Å². The van der Waals surface area contributed by atoms with Crippen molar-refractivity contribution < 1.29 is 9.59 Å². The van der Waals surface area contributed by atoms with Crippen LogP contribution in [0.2, 0.25) is 5.02 Å². The number of carbonyl (C=O) groups is 2. The van der Waals surface area contributed by atoms with Gasteiger partial charge >= 0.3 is 0 Å². The Bertz CT molecular complexity index is 1080. The minimum atomic E-state index is -0.160. The van der Waals surface area contributed by atoms with Gasteiger partial charge in [-0.25, -0.2) is 0 Å². The number of aryl methyl sites for hydroxylation is 1. The molecule has 7 nitrogen and oxygen atoms in total. The van der Waals surface area contributed by atoms with Crippen LogP contribution in [0.3, 0.4) is 0 Å². The van der Waals surface area contributed by atoms with E-state index in [0.29, 0.717) is 28.2 Å². The Hall–Kier alpha value is -2.84. The van der Waals surface area contributed by atoms with Crippen molar-refractivity contribution >= 4 is 46.6 Å². The Kier molecular flexibility index (Phi) is 7.70. The SMILES string of the molecule is CCn1c(CC(=O)Nc2cccc(C)c2C)nnc1SCC(=O)Nc1ccc(Cl)cc1. The number of rotatable bonds is 8. The highest BCUT2D eigenvalue weighted by Crippen LogP contribution is 2.20. The third-order valence-electron chi connectivity index (χ3n) is 4.77. The number of aromatic nitrogens is 3. The van der Waals surface area contributed by atoms with Crippen LogP contribution >= 0.6 is 23.4 Å². The molecule has 0 spiro atoms. The van der Waals surface area contributed by atoms with Crippen LogP contribution in [-0.4, -0.2) is 32.3 Å². The van der Waals surface area contributed by atoms with Gasteiger partial charge in [-0.05, 0) is 62.2 Å². The van der Waals surface area contributed by atoms with E-state index in [2.05, 4.69) is 20.8 Å². The normalized spacial score (nSPS) is 10.7. The molecule has 3 aromatic rings. The first-order valence-corrected chi connectivity index (χ1v) is 11.2. The number of carbonyl (C=O) groups excluding carboxylic acids is 2. The second-order valence-corrected chi connectivity index (χ2v) is 8.34. The summed E-state index contributed by atoms with van der Waals surface area (Å²) < 4.78 is 1.85. The predicted molar refractivity (Wildman–Crippen MR) is 125 cm³/mol. The molecule has 2 amide bonds. The van der Waals surface area contributed by atoms with E-state index in [4.69, 9.17) is 11.6 Å². The number of nitrogens with one attached hydrogen (secondary N) is 2. The van der Waals surface area contributed by atoms with Gasteiger partial charge < -0.3 is 15.2 Å². The molecular formula is C22H24ClN5O2S. The van der Waals surface area contributed by atoms with Gasteiger partial charge in [0.15, 0.2) is 5.16 Å². The van der Waals surface area contributed by atoms with Gasteiger partial charge in [0, 0.05) is 22.9 Å². The lowest BCUT2D eigenvalue weighted by Gasteiger charge is -2.11. The summed E-state index contributed by atoms with van der Waals surface area (Å²) in [6.45, 7) is 6.53. The van der Waals surface area contributed by atoms with Crippen molar-refractivity contribution in [2.75, 3.05) is 16.4 Å². The van der Waals surface area contributed by atoms with Crippen molar-refractivity contribution in [3.8, 4) is 0 Å². The smallest absolute Gasteiger partial charge is 0.234 e. The van der Waals surface area contributed by atoms with Crippen molar-refractivity contribution in [2.24, 2.45) is 0 Å². The van der Waals surface area contributed by atoms with Gasteiger partial charge in [0.25, 0.3) is 0 Å². The summed E-state index contributed by atoms with van der Waals surface area (Å²) in [6, 6.07) is 12.7. The van der Waals surface area contributed by atoms with E-state index >= 15 is 0 Å². The molecule has 3 rings (SSSR count). The summed E-state index contributed by atoms with van der Waals surface area (Å²) in [6.07, 6.45) is 0.103. The minimum absolute atomic E-state index is 0.103. The quantitative estimate of drug-likeness (QED) is 0.487. The van der Waals surface area contributed by atoms with Gasteiger partial charge in [-0.1, -0.05) is 35.5 Å². The number of nitrogens with zero attached hydrogens (tertiary/aromatic N) is 3. The van der Waals surface area contributed by atoms with E-state index < -0.39 is 0 Å². The van der Waals surface area contributed by atoms with Crippen molar-refractivity contribution in [3.63, 3.8) is 0 Å². The largest absolute Gasteiger partial charge is 0.325 e. The van der Waals surface area contributed by atoms with Crippen molar-refractivity contribution in [2.45, 2.75) is 38.9 Å². The van der Waals surface area contributed by atoms with Crippen LogP contribution in [0.1, 0.15) is 23.9 Å². The van der Waals surface area contributed by atoms with Gasteiger partial charge in [0.05, 0.1) is 12.2 Å². The monoisotopic (exact) mass is 457 g/mol. The number of hydrogen-bond donors (Lipinski definition) is 2. The molecule has 2 N–H and O–H groups in total. The highest BCUT2D eigenvalue weighted by Gasteiger charge is 2.16. The van der Waals surface area contributed by atoms with Crippen molar-refractivity contribution in [1.82, 2.24) is 14.8 Å². The highest BCUT2D eigenvalue weighted by atomic mass is 35.5. The fourth-order valence-electron chi connectivity index (χ4n) is 2.96. The van der Waals surface area contributed by atoms with Crippen LogP contribution in [0.4, 0.5) is 11.4 Å². The Morgan fingerprint density at radius 1 is 1.03 bits per heavy atom. The molecule has 0 unspecified atom stereocenters. The molecule has 0 saturated heterocycles. The van der Waals surface area contributed by atoms with Crippen LogP contribution in [0, 0.1) is 13.8 Å². The van der Waals surface area contributed by atoms with E-state index in [0.717, 1.165) is 16.8 Å². The number of halogens is 1. The number of amides is 2. The van der Waals surface area contributed by atoms with Crippen LogP contribution < -0.4 is 10.6 Å². The van der Waals surface area contributed by atoms with Crippen molar-refractivity contribution in [1.29, 1.82) is 0 Å². The average molecular weight is 458 g/mol. The summed E-state index contributed by atoms with van der Waals surface area (Å²) >= 11 is 7.14. The fraction of sp³-hybridized carbons (Fsp3) is 0.273. The first kappa shape index (κ1) is 22.8. The van der Waals surface area contributed by atoms with Crippen LogP contribution in [-0.2, 0) is 22.6 Å². The first-order valence-electron chi connectivity index (χ1n) is 9.83. The molecule has 0 aliphatic rings. The fourth-order valence-corrected chi connectivity index (χ4v) is 3.91. The van der Waals surface area contributed by atoms with Gasteiger partial charge in [0.1, 0.15) is 5.82 Å². The summed E-state index contributed by atoms with van der Waals surface area (Å²) in [5.74, 6) is 0.418. The molecule has 1 heterocycles. The predicted octanol–water partition coefficient (Wildman–Crippen LogP) is 4.48. The summed E-state index contributed by atoms with van der Waals surface area (Å²) in [4.78, 5) is 24.8. The number of anilines is 2. The third-order valence-corrected chi connectivity index (χ3v) is 5.99. The Morgan fingerprint density at radius 3 is 2.48 bits per heavy atom. The van der Waals surface area contributed by atoms with Gasteiger partial charge in [0.2, 0.25) is 11.8 Å². The van der Waals surface area contributed by atoms with Crippen LogP contribution in [0.25, 0.3) is 0 Å². The summed E-state index contributed by atoms with van der Waals surface area (Å²) in [5.41, 5.74) is 3.62. The topological polar surface area (TPSA) is 88.9 Å². The minimum Gasteiger partial charge on any atom is -0.325 e. The molecule has 31 heavy (non-hydrogen) atoms. The number of hydrogen-bond acceptors (Lipinski definition) is 5. The molecule has 162 valence electrons. The molecule has 0 atom stereocenters. The van der Waals surface area contributed by atoms with E-state index in [9.17, 15) is 9.59 Å². The molecule has 0 saturated carbocycles. The summed E-state index contributed by atoms with van der Waals surface area (Å²) in [7, 11) is 0. The van der Waals surface area contributed by atoms with E-state index in [-0.39, 0.29) is 24.0 Å². The van der Waals surface area contributed by atoms with Gasteiger partial charge in [-0.3, -0.25) is 9.59 Å². The maximum Gasteiger partial charge on any atom is 0.234 e. The number of thioether (sulfide) groups is 1. The third kappa shape index (κ3) is 6.08. The second-order valence-electron chi connectivity index (χ2n) is 6.96. The zero-order valence-electron chi connectivity index (χ0n) is 17.6. The molecule has 2 aromatic carbocycles. The Balaban J connectivity index is 1.59. The summed E-state index contributed by atoms with van der Waals surface area (Å²) in [5, 5.41) is 15.3. The maximum absolute atomic E-state index is 12.5. The second kappa shape index (κ2) is 10.5. The Morgan fingerprint density at radius 2 is 1.77 bits per heavy atom. The number of benzene rings is 2. The highest BCUT2D eigenvalue weighted by molar-refractivity contribution is 7.99. The molecule has 9 heteroatoms. The molecule has 0 aliphatic heterocycles. The molecule has 0 bridgehead atoms. The van der Waals surface area contributed by atoms with E-state index in [1.54, 1.807) is 24.3 Å². The zero-order valence-corrected chi connectivity index (χ0v) is 19.2. The molecule has 0 fully saturated rings. The van der Waals surface area contributed by atoms with Crippen LogP contribution in [0.15, 0.2) is 47.6 Å². The lowest BCUT2D eigenvalue weighted by atomic mass is 10.1.